The number of anilines is 1. The minimum atomic E-state index is -1.50. The third kappa shape index (κ3) is 18.9. The molecule has 0 saturated heterocycles. The van der Waals surface area contributed by atoms with Gasteiger partial charge in [0.2, 0.25) is 11.9 Å². The lowest BCUT2D eigenvalue weighted by molar-refractivity contribution is -0.775. The zero-order valence-electron chi connectivity index (χ0n) is 37.0. The first kappa shape index (κ1) is 49.4. The Morgan fingerprint density at radius 3 is 1.90 bits per heavy atom. The van der Waals surface area contributed by atoms with Crippen molar-refractivity contribution in [3.05, 3.63) is 47.7 Å². The summed E-state index contributed by atoms with van der Waals surface area (Å²) in [7, 11) is 0. The van der Waals surface area contributed by atoms with Crippen molar-refractivity contribution in [2.45, 2.75) is 131 Å². The molecule has 20 heteroatoms. The molecule has 0 spiro atoms. The van der Waals surface area contributed by atoms with Crippen molar-refractivity contribution in [1.82, 2.24) is 20.3 Å². The van der Waals surface area contributed by atoms with Crippen LogP contribution in [0.3, 0.4) is 0 Å². The van der Waals surface area contributed by atoms with E-state index in [4.69, 9.17) is 28.5 Å². The maximum atomic E-state index is 13.2. The van der Waals surface area contributed by atoms with E-state index in [9.17, 15) is 29.1 Å². The number of thiazole rings is 1. The second kappa shape index (κ2) is 21.0. The molecule has 0 fully saturated rings. The van der Waals surface area contributed by atoms with Gasteiger partial charge in [-0.1, -0.05) is 17.3 Å². The van der Waals surface area contributed by atoms with Crippen molar-refractivity contribution in [3.63, 3.8) is 0 Å². The van der Waals surface area contributed by atoms with Gasteiger partial charge in [0.1, 0.15) is 40.5 Å². The molecular weight excluding hydrogens is 815 g/mol. The number of amides is 3. The molecule has 19 nitrogen and oxygen atoms in total. The van der Waals surface area contributed by atoms with E-state index in [1.54, 1.807) is 95.2 Å². The highest BCUT2D eigenvalue weighted by atomic mass is 32.1. The number of aliphatic carboxylic acids is 1. The van der Waals surface area contributed by atoms with Crippen molar-refractivity contribution in [3.8, 4) is 16.9 Å². The van der Waals surface area contributed by atoms with Gasteiger partial charge in [-0.3, -0.25) is 5.32 Å². The number of aryl methyl sites for hydroxylation is 1. The Morgan fingerprint density at radius 1 is 0.787 bits per heavy atom. The van der Waals surface area contributed by atoms with Crippen LogP contribution in [-0.2, 0) is 46.5 Å². The van der Waals surface area contributed by atoms with Crippen molar-refractivity contribution < 1.29 is 62.3 Å². The second-order valence-electron chi connectivity index (χ2n) is 17.6. The van der Waals surface area contributed by atoms with Gasteiger partial charge in [0, 0.05) is 24.9 Å². The Morgan fingerprint density at radius 2 is 1.34 bits per heavy atom. The Kier molecular flexibility index (Phi) is 17.1. The van der Waals surface area contributed by atoms with Crippen molar-refractivity contribution in [2.24, 2.45) is 5.16 Å². The molecule has 336 valence electrons. The van der Waals surface area contributed by atoms with Crippen molar-refractivity contribution in [1.29, 1.82) is 0 Å². The Labute approximate surface area is 360 Å². The van der Waals surface area contributed by atoms with Crippen LogP contribution in [0.1, 0.15) is 95.2 Å². The third-order valence-corrected chi connectivity index (χ3v) is 7.99. The Balaban J connectivity index is 1.76. The molecule has 2 aromatic heterocycles. The summed E-state index contributed by atoms with van der Waals surface area (Å²) in [6.07, 6.45) is 1.17. The third-order valence-electron chi connectivity index (χ3n) is 7.23. The molecule has 61 heavy (non-hydrogen) atoms. The first-order valence-electron chi connectivity index (χ1n) is 19.6. The highest BCUT2D eigenvalue weighted by Crippen LogP contribution is 2.23. The summed E-state index contributed by atoms with van der Waals surface area (Å²) in [6.45, 7) is 22.0. The number of carboxylic acid groups (broad SMARTS) is 1. The van der Waals surface area contributed by atoms with Gasteiger partial charge in [0.25, 0.3) is 6.10 Å². The SMILES string of the molecule is CC(C)(C)OC(=O)NCCC[n+]1cc(-c2ccc(OC[C@H](O/N=C(\C(=O)O)c3csc(NC(=O)OC(C)(C)C)n3)C(=O)OC(C)(C)C)cc2)cn1CCNC(=O)OC(C)(C)C. The molecule has 0 unspecified atom stereocenters. The molecule has 0 saturated carbocycles. The van der Waals surface area contributed by atoms with Crippen LogP contribution in [-0.4, -0.2) is 98.9 Å². The number of oxime groups is 1. The number of carbonyl (C=O) groups is 5. The smallest absolute Gasteiger partial charge is 0.413 e. The first-order valence-corrected chi connectivity index (χ1v) is 20.5. The van der Waals surface area contributed by atoms with Crippen LogP contribution in [0.25, 0.3) is 11.1 Å². The lowest BCUT2D eigenvalue weighted by atomic mass is 10.1. The summed E-state index contributed by atoms with van der Waals surface area (Å²) in [4.78, 5) is 71.5. The second-order valence-corrected chi connectivity index (χ2v) is 18.5. The molecule has 1 aromatic carbocycles. The molecule has 1 atom stereocenters. The van der Waals surface area contributed by atoms with Gasteiger partial charge in [-0.25, -0.2) is 29.0 Å². The largest absolute Gasteiger partial charge is 0.489 e. The highest BCUT2D eigenvalue weighted by Gasteiger charge is 2.30. The molecule has 0 aliphatic heterocycles. The van der Waals surface area contributed by atoms with Gasteiger partial charge >= 0.3 is 30.2 Å². The van der Waals surface area contributed by atoms with Crippen LogP contribution in [0, 0.1) is 0 Å². The number of hydrogen-bond donors (Lipinski definition) is 4. The number of nitrogens with zero attached hydrogens (tertiary/aromatic N) is 4. The quantitative estimate of drug-likeness (QED) is 0.0293. The zero-order chi connectivity index (χ0) is 45.8. The predicted molar refractivity (Wildman–Crippen MR) is 226 cm³/mol. The highest BCUT2D eigenvalue weighted by molar-refractivity contribution is 7.14. The van der Waals surface area contributed by atoms with Crippen LogP contribution >= 0.6 is 11.3 Å². The summed E-state index contributed by atoms with van der Waals surface area (Å²) in [6, 6.07) is 7.02. The zero-order valence-corrected chi connectivity index (χ0v) is 37.8. The van der Waals surface area contributed by atoms with E-state index in [1.165, 1.54) is 5.38 Å². The molecule has 4 N–H and O–H groups in total. The summed E-state index contributed by atoms with van der Waals surface area (Å²) in [5, 5.41) is 23.1. The lowest BCUT2D eigenvalue weighted by Crippen LogP contribution is -2.45. The van der Waals surface area contributed by atoms with Crippen LogP contribution < -0.4 is 25.4 Å². The number of carboxylic acids is 1. The van der Waals surface area contributed by atoms with E-state index < -0.39 is 71.0 Å². The van der Waals surface area contributed by atoms with Crippen LogP contribution in [0.2, 0.25) is 0 Å². The summed E-state index contributed by atoms with van der Waals surface area (Å²) in [5.74, 6) is -1.99. The van der Waals surface area contributed by atoms with Gasteiger partial charge in [-0.05, 0) is 101 Å². The number of rotatable bonds is 17. The number of nitrogens with one attached hydrogen (secondary N) is 3. The monoisotopic (exact) mass is 874 g/mol. The van der Waals surface area contributed by atoms with E-state index in [-0.39, 0.29) is 10.8 Å². The van der Waals surface area contributed by atoms with Gasteiger partial charge < -0.3 is 44.3 Å². The van der Waals surface area contributed by atoms with Crippen LogP contribution in [0.4, 0.5) is 19.5 Å². The summed E-state index contributed by atoms with van der Waals surface area (Å²) in [5.41, 5.74) is -2.02. The number of hydrogen-bond acceptors (Lipinski definition) is 14. The van der Waals surface area contributed by atoms with E-state index in [1.807, 2.05) is 33.9 Å². The van der Waals surface area contributed by atoms with Crippen LogP contribution in [0.5, 0.6) is 5.75 Å². The predicted octanol–water partition coefficient (Wildman–Crippen LogP) is 6.28. The lowest BCUT2D eigenvalue weighted by Gasteiger charge is -2.23. The van der Waals surface area contributed by atoms with Crippen molar-refractivity contribution in [2.75, 3.05) is 25.0 Å². The standard InChI is InChI=1S/C41H59N7O12S/c1-38(2,3)56-33(51)30(60-46-31(32(49)50)29-25-61-34(44-29)45-37(54)59-41(10,11)12)24-55-28-16-14-26(15-17-28)27-22-47(20-13-18-42-35(52)57-39(4,5)6)48(23-27)21-19-43-36(53)58-40(7,8)9/h14-17,22-23,25,30H,13,18-21,24H2,1-12H3,(H3-,42,43,44,45,49,50,52,53,54)/p+1/b46-31-/t30-/m0/s1. The summed E-state index contributed by atoms with van der Waals surface area (Å²) < 4.78 is 31.2. The minimum absolute atomic E-state index is 0.0582. The normalized spacial score (nSPS) is 12.8. The fraction of sp³-hybridized carbons (Fsp3) is 0.561. The van der Waals surface area contributed by atoms with Gasteiger partial charge in [0.15, 0.2) is 11.7 Å². The number of carbonyl (C=O) groups excluding carboxylic acids is 4. The number of ether oxygens (including phenoxy) is 5. The fourth-order valence-corrected chi connectivity index (χ4v) is 5.62. The van der Waals surface area contributed by atoms with Crippen LogP contribution in [0.15, 0.2) is 47.2 Å². The maximum absolute atomic E-state index is 13.2. The number of esters is 1. The van der Waals surface area contributed by atoms with E-state index >= 15 is 0 Å². The van der Waals surface area contributed by atoms with Gasteiger partial charge in [-0.15, -0.1) is 16.0 Å². The van der Waals surface area contributed by atoms with E-state index in [2.05, 4.69) is 26.1 Å². The molecular formula is C41H60N7O12S+. The molecule has 3 rings (SSSR count). The number of alkyl carbamates (subject to hydrolysis) is 2. The Bertz CT molecular complexity index is 2000. The number of benzene rings is 1. The first-order chi connectivity index (χ1) is 28.2. The Hall–Kier alpha value is -5.92. The molecule has 0 aliphatic rings. The molecule has 3 amide bonds. The molecule has 3 aromatic rings. The topological polar surface area (TPSA) is 231 Å². The average Bonchev–Trinajstić information content (AvgIpc) is 3.71. The molecule has 0 bridgehead atoms. The maximum Gasteiger partial charge on any atom is 0.413 e. The minimum Gasteiger partial charge on any atom is -0.489 e. The summed E-state index contributed by atoms with van der Waals surface area (Å²) >= 11 is 0.940. The average molecular weight is 875 g/mol. The number of aromatic nitrogens is 3. The molecule has 2 heterocycles. The van der Waals surface area contributed by atoms with Gasteiger partial charge in [-0.2, -0.15) is 4.68 Å². The van der Waals surface area contributed by atoms with Crippen molar-refractivity contribution >= 4 is 52.4 Å². The van der Waals surface area contributed by atoms with E-state index in [0.717, 1.165) is 22.5 Å². The van der Waals surface area contributed by atoms with E-state index in [0.29, 0.717) is 38.3 Å². The fourth-order valence-electron chi connectivity index (χ4n) is 4.94. The van der Waals surface area contributed by atoms with Gasteiger partial charge in [0.05, 0.1) is 18.3 Å². The molecule has 0 radical (unpaired) electrons. The molecule has 0 aliphatic carbocycles.